The van der Waals surface area contributed by atoms with Crippen LogP contribution in [0.2, 0.25) is 0 Å². The number of nitrogens with zero attached hydrogens (tertiary/aromatic N) is 1. The molecule has 100 valence electrons. The lowest BCUT2D eigenvalue weighted by molar-refractivity contribution is 0.126. The lowest BCUT2D eigenvalue weighted by Crippen LogP contribution is -2.20. The van der Waals surface area contributed by atoms with Crippen LogP contribution in [0.25, 0.3) is 0 Å². The fraction of sp³-hybridized carbons (Fsp3) is 0.214. The zero-order valence-corrected chi connectivity index (χ0v) is 12.6. The van der Waals surface area contributed by atoms with E-state index in [-0.39, 0.29) is 6.61 Å². The minimum atomic E-state index is -0.522. The molecule has 0 spiro atoms. The van der Waals surface area contributed by atoms with Crippen molar-refractivity contribution in [1.82, 2.24) is 4.98 Å². The molecule has 2 rings (SSSR count). The van der Waals surface area contributed by atoms with E-state index in [0.717, 1.165) is 15.2 Å². The van der Waals surface area contributed by atoms with Gasteiger partial charge in [0.2, 0.25) is 0 Å². The minimum Gasteiger partial charge on any atom is -0.491 e. The van der Waals surface area contributed by atoms with Crippen LogP contribution in [-0.4, -0.2) is 28.6 Å². The molecular formula is C14H14BrNO2S. The van der Waals surface area contributed by atoms with Crippen LogP contribution in [0.5, 0.6) is 5.75 Å². The van der Waals surface area contributed by atoms with E-state index in [1.54, 1.807) is 6.20 Å². The molecule has 1 aromatic heterocycles. The average molecular weight is 340 g/mol. The lowest BCUT2D eigenvalue weighted by Gasteiger charge is -2.12. The molecule has 0 fully saturated rings. The number of halogens is 1. The molecule has 1 atom stereocenters. The van der Waals surface area contributed by atoms with Crippen molar-refractivity contribution < 1.29 is 9.84 Å². The maximum Gasteiger partial charge on any atom is 0.120 e. The molecule has 0 saturated heterocycles. The fourth-order valence-corrected chi connectivity index (χ4v) is 2.56. The van der Waals surface area contributed by atoms with Gasteiger partial charge in [0, 0.05) is 16.4 Å². The summed E-state index contributed by atoms with van der Waals surface area (Å²) in [4.78, 5) is 4.19. The Morgan fingerprint density at radius 2 is 2.16 bits per heavy atom. The van der Waals surface area contributed by atoms with Gasteiger partial charge in [0.25, 0.3) is 0 Å². The van der Waals surface area contributed by atoms with Crippen LogP contribution in [0, 0.1) is 0 Å². The Morgan fingerprint density at radius 3 is 2.89 bits per heavy atom. The molecule has 3 nitrogen and oxygen atoms in total. The van der Waals surface area contributed by atoms with Crippen molar-refractivity contribution >= 4 is 27.7 Å². The number of hydrogen-bond acceptors (Lipinski definition) is 4. The molecular weight excluding hydrogens is 326 g/mol. The highest BCUT2D eigenvalue weighted by Crippen LogP contribution is 2.19. The van der Waals surface area contributed by atoms with Gasteiger partial charge in [0.1, 0.15) is 12.4 Å². The second-order valence-corrected chi connectivity index (χ2v) is 5.86. The summed E-state index contributed by atoms with van der Waals surface area (Å²) >= 11 is 4.89. The molecule has 0 radical (unpaired) electrons. The predicted octanol–water partition coefficient (Wildman–Crippen LogP) is 3.38. The van der Waals surface area contributed by atoms with Crippen molar-refractivity contribution in [2.75, 3.05) is 12.4 Å². The number of hydrogen-bond donors (Lipinski definition) is 1. The molecule has 1 heterocycles. The molecule has 0 amide bonds. The monoisotopic (exact) mass is 339 g/mol. The van der Waals surface area contributed by atoms with Crippen molar-refractivity contribution in [3.05, 3.63) is 53.1 Å². The number of aliphatic hydroxyl groups excluding tert-OH is 1. The Balaban J connectivity index is 1.74. The molecule has 19 heavy (non-hydrogen) atoms. The number of rotatable bonds is 6. The zero-order chi connectivity index (χ0) is 13.5. The second-order valence-electron chi connectivity index (χ2n) is 3.90. The molecule has 0 bridgehead atoms. The van der Waals surface area contributed by atoms with Gasteiger partial charge in [-0.3, -0.25) is 0 Å². The van der Waals surface area contributed by atoms with Gasteiger partial charge in [-0.05, 0) is 30.3 Å². The molecule has 0 aliphatic heterocycles. The molecule has 0 saturated carbocycles. The first kappa shape index (κ1) is 14.4. The van der Waals surface area contributed by atoms with Crippen LogP contribution in [0.3, 0.4) is 0 Å². The number of aliphatic hydroxyl groups is 1. The van der Waals surface area contributed by atoms with Crippen molar-refractivity contribution in [1.29, 1.82) is 0 Å². The van der Waals surface area contributed by atoms with Gasteiger partial charge in [0.15, 0.2) is 0 Å². The normalized spacial score (nSPS) is 12.1. The van der Waals surface area contributed by atoms with Gasteiger partial charge in [-0.25, -0.2) is 4.98 Å². The Labute approximate surface area is 125 Å². The van der Waals surface area contributed by atoms with E-state index in [1.165, 1.54) is 11.8 Å². The topological polar surface area (TPSA) is 42.4 Å². The third kappa shape index (κ3) is 5.22. The van der Waals surface area contributed by atoms with Gasteiger partial charge >= 0.3 is 0 Å². The number of ether oxygens (including phenoxy) is 1. The van der Waals surface area contributed by atoms with E-state index in [1.807, 2.05) is 42.5 Å². The largest absolute Gasteiger partial charge is 0.491 e. The Morgan fingerprint density at radius 1 is 1.26 bits per heavy atom. The van der Waals surface area contributed by atoms with E-state index >= 15 is 0 Å². The van der Waals surface area contributed by atoms with Crippen LogP contribution < -0.4 is 4.74 Å². The summed E-state index contributed by atoms with van der Waals surface area (Å²) in [5.74, 6) is 1.31. The molecule has 0 aliphatic rings. The number of benzene rings is 1. The van der Waals surface area contributed by atoms with E-state index in [9.17, 15) is 5.11 Å². The summed E-state index contributed by atoms with van der Waals surface area (Å²) < 4.78 is 6.48. The maximum atomic E-state index is 9.86. The van der Waals surface area contributed by atoms with Crippen molar-refractivity contribution in [3.63, 3.8) is 0 Å². The lowest BCUT2D eigenvalue weighted by atomic mass is 10.3. The van der Waals surface area contributed by atoms with E-state index in [2.05, 4.69) is 20.9 Å². The Bertz CT molecular complexity index is 510. The van der Waals surface area contributed by atoms with E-state index in [0.29, 0.717) is 5.75 Å². The number of thioether (sulfide) groups is 1. The van der Waals surface area contributed by atoms with Gasteiger partial charge in [-0.1, -0.05) is 28.1 Å². The van der Waals surface area contributed by atoms with E-state index in [4.69, 9.17) is 4.74 Å². The predicted molar refractivity (Wildman–Crippen MR) is 80.6 cm³/mol. The van der Waals surface area contributed by atoms with Crippen molar-refractivity contribution in [2.45, 2.75) is 11.1 Å². The molecule has 1 N–H and O–H groups in total. The standard InChI is InChI=1S/C14H14BrNO2S/c15-11-4-3-5-13(8-11)18-9-12(17)10-19-14-6-1-2-7-16-14/h1-8,12,17H,9-10H2. The van der Waals surface area contributed by atoms with Gasteiger partial charge in [0.05, 0.1) is 11.1 Å². The van der Waals surface area contributed by atoms with Gasteiger partial charge < -0.3 is 9.84 Å². The zero-order valence-electron chi connectivity index (χ0n) is 10.2. The summed E-state index contributed by atoms with van der Waals surface area (Å²) in [5.41, 5.74) is 0. The van der Waals surface area contributed by atoms with Crippen LogP contribution in [0.4, 0.5) is 0 Å². The van der Waals surface area contributed by atoms with Crippen molar-refractivity contribution in [3.8, 4) is 5.75 Å². The molecule has 1 aromatic carbocycles. The molecule has 5 heteroatoms. The Kier molecular flexibility index (Phi) is 5.69. The second kappa shape index (κ2) is 7.53. The fourth-order valence-electron chi connectivity index (χ4n) is 1.41. The minimum absolute atomic E-state index is 0.274. The smallest absolute Gasteiger partial charge is 0.120 e. The highest BCUT2D eigenvalue weighted by atomic mass is 79.9. The van der Waals surface area contributed by atoms with Crippen LogP contribution in [-0.2, 0) is 0 Å². The first-order valence-electron chi connectivity index (χ1n) is 5.84. The maximum absolute atomic E-state index is 9.86. The van der Waals surface area contributed by atoms with Crippen LogP contribution >= 0.6 is 27.7 Å². The van der Waals surface area contributed by atoms with Crippen molar-refractivity contribution in [2.24, 2.45) is 0 Å². The average Bonchev–Trinajstić information content (AvgIpc) is 2.44. The summed E-state index contributed by atoms with van der Waals surface area (Å²) in [5, 5.41) is 10.8. The quantitative estimate of drug-likeness (QED) is 0.819. The van der Waals surface area contributed by atoms with Gasteiger partial charge in [-0.15, -0.1) is 11.8 Å². The van der Waals surface area contributed by atoms with Crippen LogP contribution in [0.1, 0.15) is 0 Å². The molecule has 1 unspecified atom stereocenters. The summed E-state index contributed by atoms with van der Waals surface area (Å²) in [7, 11) is 0. The molecule has 2 aromatic rings. The Hall–Kier alpha value is -1.04. The summed E-state index contributed by atoms with van der Waals surface area (Å²) in [6.45, 7) is 0.274. The highest BCUT2D eigenvalue weighted by Gasteiger charge is 2.07. The first-order valence-corrected chi connectivity index (χ1v) is 7.62. The molecule has 0 aliphatic carbocycles. The van der Waals surface area contributed by atoms with Gasteiger partial charge in [-0.2, -0.15) is 0 Å². The first-order chi connectivity index (χ1) is 9.24. The number of aromatic nitrogens is 1. The van der Waals surface area contributed by atoms with E-state index < -0.39 is 6.10 Å². The van der Waals surface area contributed by atoms with Crippen LogP contribution in [0.15, 0.2) is 58.2 Å². The summed E-state index contributed by atoms with van der Waals surface area (Å²) in [6.07, 6.45) is 1.22. The third-order valence-corrected chi connectivity index (χ3v) is 3.88. The SMILES string of the molecule is OC(COc1cccc(Br)c1)CSc1ccccn1. The third-order valence-electron chi connectivity index (χ3n) is 2.30. The summed E-state index contributed by atoms with van der Waals surface area (Å²) in [6, 6.07) is 13.3. The highest BCUT2D eigenvalue weighted by molar-refractivity contribution is 9.10. The number of pyridine rings is 1.